The lowest BCUT2D eigenvalue weighted by Gasteiger charge is -2.10. The second kappa shape index (κ2) is 8.21. The fourth-order valence-electron chi connectivity index (χ4n) is 4.72. The lowest BCUT2D eigenvalue weighted by atomic mass is 10.1. The number of furan rings is 1. The Morgan fingerprint density at radius 2 is 2.03 bits per heavy atom. The zero-order valence-electron chi connectivity index (χ0n) is 19.7. The van der Waals surface area contributed by atoms with Crippen molar-refractivity contribution in [3.63, 3.8) is 0 Å². The molecule has 1 aromatic carbocycles. The molecule has 9 nitrogen and oxygen atoms in total. The highest BCUT2D eigenvalue weighted by atomic mass is 35.5. The molecule has 4 heterocycles. The van der Waals surface area contributed by atoms with E-state index in [9.17, 15) is 14.9 Å². The van der Waals surface area contributed by atoms with Gasteiger partial charge < -0.3 is 4.42 Å². The van der Waals surface area contributed by atoms with E-state index >= 15 is 0 Å². The third-order valence-corrected chi connectivity index (χ3v) is 7.00. The fourth-order valence-corrected chi connectivity index (χ4v) is 4.89. The van der Waals surface area contributed by atoms with Crippen molar-refractivity contribution in [1.29, 1.82) is 5.26 Å². The third kappa shape index (κ3) is 3.53. The highest BCUT2D eigenvalue weighted by Gasteiger charge is 2.28. The molecule has 6 rings (SSSR count). The van der Waals surface area contributed by atoms with Gasteiger partial charge in [0.05, 0.1) is 17.8 Å². The van der Waals surface area contributed by atoms with Gasteiger partial charge in [0.2, 0.25) is 5.76 Å². The Hall–Kier alpha value is -4.16. The number of rotatable bonds is 5. The molecule has 0 radical (unpaired) electrons. The number of nitrogens with zero attached hydrogens (tertiary/aromatic N) is 6. The predicted octanol–water partition coefficient (Wildman–Crippen LogP) is 4.00. The minimum absolute atomic E-state index is 0.132. The molecule has 5 aromatic rings. The summed E-state index contributed by atoms with van der Waals surface area (Å²) >= 11 is 6.28. The summed E-state index contributed by atoms with van der Waals surface area (Å²) in [4.78, 5) is 31.0. The van der Waals surface area contributed by atoms with Crippen LogP contribution in [0.3, 0.4) is 0 Å². The predicted molar refractivity (Wildman–Crippen MR) is 135 cm³/mol. The van der Waals surface area contributed by atoms with Crippen LogP contribution in [-0.2, 0) is 20.1 Å². The standard InChI is InChI=1S/C26H21ClN6O3/c1-14-19(10-18(11-28)36-14)23-22-24(32(12-15-3-4-15)26(35)31(2)25(22)34)30-33(23)13-16-7-8-29-21-6-5-17(27)9-20(16)21/h5-10,15H,3-4,12-13H2,1-2H3. The molecule has 0 saturated heterocycles. The number of aromatic nitrogens is 5. The molecule has 4 aromatic heterocycles. The van der Waals surface area contributed by atoms with Crippen molar-refractivity contribution in [2.75, 3.05) is 0 Å². The van der Waals surface area contributed by atoms with Gasteiger partial charge in [-0.3, -0.25) is 23.6 Å². The van der Waals surface area contributed by atoms with E-state index in [-0.39, 0.29) is 12.3 Å². The van der Waals surface area contributed by atoms with E-state index in [0.717, 1.165) is 33.9 Å². The number of nitriles is 1. The summed E-state index contributed by atoms with van der Waals surface area (Å²) in [6, 6.07) is 11.0. The van der Waals surface area contributed by atoms with Crippen molar-refractivity contribution in [2.24, 2.45) is 13.0 Å². The van der Waals surface area contributed by atoms with Gasteiger partial charge in [-0.05, 0) is 55.5 Å². The Morgan fingerprint density at radius 1 is 1.22 bits per heavy atom. The second-order valence-electron chi connectivity index (χ2n) is 9.23. The van der Waals surface area contributed by atoms with Gasteiger partial charge >= 0.3 is 5.69 Å². The fraction of sp³-hybridized carbons (Fsp3) is 0.269. The normalized spacial score (nSPS) is 13.5. The maximum Gasteiger partial charge on any atom is 0.332 e. The first kappa shape index (κ1) is 22.3. The minimum atomic E-state index is -0.440. The molecule has 1 saturated carbocycles. The first-order valence-electron chi connectivity index (χ1n) is 11.6. The van der Waals surface area contributed by atoms with Gasteiger partial charge in [-0.15, -0.1) is 0 Å². The molecule has 180 valence electrons. The van der Waals surface area contributed by atoms with E-state index in [4.69, 9.17) is 21.1 Å². The molecule has 1 fully saturated rings. The highest BCUT2D eigenvalue weighted by molar-refractivity contribution is 6.31. The largest absolute Gasteiger partial charge is 0.450 e. The van der Waals surface area contributed by atoms with Crippen molar-refractivity contribution < 1.29 is 4.42 Å². The molecule has 0 N–H and O–H groups in total. The van der Waals surface area contributed by atoms with E-state index in [2.05, 4.69) is 4.98 Å². The molecule has 10 heteroatoms. The SMILES string of the molecule is Cc1oc(C#N)cc1-c1c2c(=O)n(C)c(=O)n(CC3CC3)c2nn1Cc1ccnc2ccc(Cl)cc12. The summed E-state index contributed by atoms with van der Waals surface area (Å²) < 4.78 is 10.1. The molecule has 36 heavy (non-hydrogen) atoms. The molecular weight excluding hydrogens is 480 g/mol. The maximum absolute atomic E-state index is 13.5. The average molecular weight is 501 g/mol. The molecule has 0 bridgehead atoms. The third-order valence-electron chi connectivity index (χ3n) is 6.76. The molecule has 1 aliphatic rings. The number of pyridine rings is 1. The van der Waals surface area contributed by atoms with Crippen LogP contribution in [0.2, 0.25) is 5.02 Å². The van der Waals surface area contributed by atoms with Gasteiger partial charge in [0.1, 0.15) is 17.2 Å². The van der Waals surface area contributed by atoms with Crippen LogP contribution >= 0.6 is 11.6 Å². The molecule has 0 unspecified atom stereocenters. The summed E-state index contributed by atoms with van der Waals surface area (Å²) in [7, 11) is 1.48. The summed E-state index contributed by atoms with van der Waals surface area (Å²) in [5, 5.41) is 16.0. The van der Waals surface area contributed by atoms with E-state index in [1.54, 1.807) is 34.5 Å². The molecule has 0 spiro atoms. The lowest BCUT2D eigenvalue weighted by molar-refractivity contribution is 0.521. The van der Waals surface area contributed by atoms with Crippen molar-refractivity contribution in [3.05, 3.63) is 79.5 Å². The van der Waals surface area contributed by atoms with Crippen LogP contribution in [0.1, 0.15) is 29.9 Å². The van der Waals surface area contributed by atoms with Crippen molar-refractivity contribution in [3.8, 4) is 17.3 Å². The second-order valence-corrected chi connectivity index (χ2v) is 9.67. The topological polar surface area (TPSA) is 112 Å². The molecular formula is C26H21ClN6O3. The number of aryl methyl sites for hydroxylation is 1. The Balaban J connectivity index is 1.67. The van der Waals surface area contributed by atoms with Crippen LogP contribution in [0.15, 0.2) is 50.5 Å². The van der Waals surface area contributed by atoms with Crippen molar-refractivity contribution in [2.45, 2.75) is 32.9 Å². The smallest absolute Gasteiger partial charge is 0.332 e. The van der Waals surface area contributed by atoms with Gasteiger partial charge in [-0.2, -0.15) is 10.4 Å². The van der Waals surface area contributed by atoms with Crippen LogP contribution in [0.25, 0.3) is 33.2 Å². The van der Waals surface area contributed by atoms with Crippen LogP contribution in [0.4, 0.5) is 0 Å². The molecule has 0 atom stereocenters. The van der Waals surface area contributed by atoms with Crippen LogP contribution < -0.4 is 11.2 Å². The van der Waals surface area contributed by atoms with E-state index in [1.165, 1.54) is 7.05 Å². The van der Waals surface area contributed by atoms with E-state index in [1.807, 2.05) is 24.3 Å². The number of halogens is 1. The Morgan fingerprint density at radius 3 is 2.75 bits per heavy atom. The zero-order valence-corrected chi connectivity index (χ0v) is 20.4. The van der Waals surface area contributed by atoms with Crippen molar-refractivity contribution in [1.82, 2.24) is 23.9 Å². The average Bonchev–Trinajstić information content (AvgIpc) is 3.51. The number of hydrogen-bond donors (Lipinski definition) is 0. The molecule has 0 aliphatic heterocycles. The minimum Gasteiger partial charge on any atom is -0.450 e. The maximum atomic E-state index is 13.5. The summed E-state index contributed by atoms with van der Waals surface area (Å²) in [6.45, 7) is 2.53. The summed E-state index contributed by atoms with van der Waals surface area (Å²) in [5.74, 6) is 1.01. The van der Waals surface area contributed by atoms with Crippen LogP contribution in [0.5, 0.6) is 0 Å². The lowest BCUT2D eigenvalue weighted by Crippen LogP contribution is -2.38. The number of hydrogen-bond acceptors (Lipinski definition) is 6. The van der Waals surface area contributed by atoms with Gasteiger partial charge in [0, 0.05) is 41.8 Å². The molecule has 1 aliphatic carbocycles. The zero-order chi connectivity index (χ0) is 25.1. The molecule has 0 amide bonds. The first-order valence-corrected chi connectivity index (χ1v) is 12.0. The van der Waals surface area contributed by atoms with Gasteiger partial charge in [0.25, 0.3) is 5.56 Å². The Bertz CT molecular complexity index is 1850. The van der Waals surface area contributed by atoms with Gasteiger partial charge in [-0.25, -0.2) is 4.79 Å². The van der Waals surface area contributed by atoms with Gasteiger partial charge in [-0.1, -0.05) is 11.6 Å². The first-order chi connectivity index (χ1) is 17.4. The van der Waals surface area contributed by atoms with Crippen LogP contribution in [0, 0.1) is 24.2 Å². The summed E-state index contributed by atoms with van der Waals surface area (Å²) in [6.07, 6.45) is 3.80. The van der Waals surface area contributed by atoms with E-state index < -0.39 is 11.2 Å². The number of fused-ring (bicyclic) bond motifs is 2. The Kier molecular flexibility index (Phi) is 5.09. The van der Waals surface area contributed by atoms with Crippen molar-refractivity contribution >= 4 is 33.5 Å². The van der Waals surface area contributed by atoms with Crippen LogP contribution in [-0.4, -0.2) is 23.9 Å². The summed E-state index contributed by atoms with van der Waals surface area (Å²) in [5.41, 5.74) is 2.27. The Labute approximate surface area is 209 Å². The monoisotopic (exact) mass is 500 g/mol. The quantitative estimate of drug-likeness (QED) is 0.360. The highest BCUT2D eigenvalue weighted by Crippen LogP contribution is 2.34. The number of benzene rings is 1. The van der Waals surface area contributed by atoms with E-state index in [0.29, 0.717) is 45.5 Å². The van der Waals surface area contributed by atoms with Gasteiger partial charge in [0.15, 0.2) is 5.65 Å².